The Labute approximate surface area is 757 Å². The van der Waals surface area contributed by atoms with Crippen molar-refractivity contribution in [1.29, 1.82) is 0 Å². The molecule has 0 amide bonds. The third-order valence-corrected chi connectivity index (χ3v) is 24.5. The highest BCUT2D eigenvalue weighted by molar-refractivity contribution is 6.13. The summed E-state index contributed by atoms with van der Waals surface area (Å²) in [5.74, 6) is 4.90. The summed E-state index contributed by atoms with van der Waals surface area (Å²) < 4.78 is 4.60. The van der Waals surface area contributed by atoms with Gasteiger partial charge in [0.1, 0.15) is 11.6 Å². The van der Waals surface area contributed by atoms with Gasteiger partial charge in [0.2, 0.25) is 0 Å². The Balaban J connectivity index is 0.000000158. The van der Waals surface area contributed by atoms with Gasteiger partial charge in [0.05, 0.1) is 33.2 Å². The van der Waals surface area contributed by atoms with E-state index in [-0.39, 0.29) is 10.8 Å². The average Bonchev–Trinajstić information content (AvgIpc) is 1.57. The summed E-state index contributed by atoms with van der Waals surface area (Å²) in [5.41, 5.74) is 29.5. The Morgan fingerprint density at radius 1 is 0.169 bits per heavy atom. The van der Waals surface area contributed by atoms with Crippen LogP contribution < -0.4 is 0 Å². The van der Waals surface area contributed by atoms with Gasteiger partial charge >= 0.3 is 0 Å². The first kappa shape index (κ1) is 80.5. The van der Waals surface area contributed by atoms with E-state index in [9.17, 15) is 0 Å². The third kappa shape index (κ3) is 16.2. The van der Waals surface area contributed by atoms with Gasteiger partial charge in [-0.1, -0.05) is 369 Å². The van der Waals surface area contributed by atoms with Crippen LogP contribution in [0.25, 0.3) is 213 Å². The summed E-state index contributed by atoms with van der Waals surface area (Å²) in [5, 5.41) is 4.63. The van der Waals surface area contributed by atoms with Crippen LogP contribution >= 0.6 is 0 Å². The van der Waals surface area contributed by atoms with Gasteiger partial charge < -0.3 is 0 Å². The molecule has 6 aromatic heterocycles. The standard InChI is InChI=1S/C62H41N5.C58H49N5/c1-7-19-42(20-8-1)48-31-33-57-54(38-48)55-39-49(43-21-9-2-10-22-43)32-34-58(55)67(57)62-56(61-65-59(46-27-15-5-16-28-46)64-60(66-61)47-29-17-6-18-30-47)40-53(41-63-62)52-36-50(44-23-11-3-12-24-44)35-51(37-52)45-25-13-4-14-26-45;1-57(2,3)46-27-29-51-48(35-46)49-36-47(58(4,5)6)28-30-52(49)63(51)56-50(55-61-53(40-23-15-9-16-24-40)60-54(62-55)41-25-17-10-18-26-41)34-45(37-59-56)44-32-42(38-19-11-7-12-20-38)31-43(33-44)39-21-13-8-14-22-39/h1-41H;7-37H,1-6H3. The molecule has 0 bridgehead atoms. The predicted molar refractivity (Wildman–Crippen MR) is 537 cm³/mol. The summed E-state index contributed by atoms with van der Waals surface area (Å²) in [6.45, 7) is 13.7. The number of benzene rings is 16. The Kier molecular flexibility index (Phi) is 21.3. The molecule has 0 fully saturated rings. The summed E-state index contributed by atoms with van der Waals surface area (Å²) in [4.78, 5) is 42.4. The van der Waals surface area contributed by atoms with Crippen molar-refractivity contribution >= 4 is 43.6 Å². The van der Waals surface area contributed by atoms with Crippen LogP contribution in [0.2, 0.25) is 0 Å². The van der Waals surface area contributed by atoms with E-state index in [0.29, 0.717) is 34.9 Å². The molecule has 0 atom stereocenters. The number of rotatable bonds is 16. The molecule has 0 saturated heterocycles. The fourth-order valence-corrected chi connectivity index (χ4v) is 17.6. The highest BCUT2D eigenvalue weighted by Gasteiger charge is 2.28. The molecule has 22 aromatic rings. The lowest BCUT2D eigenvalue weighted by molar-refractivity contribution is 0.590. The lowest BCUT2D eigenvalue weighted by Crippen LogP contribution is -2.10. The fourth-order valence-electron chi connectivity index (χ4n) is 17.6. The van der Waals surface area contributed by atoms with Crippen LogP contribution in [0.4, 0.5) is 0 Å². The van der Waals surface area contributed by atoms with E-state index in [1.807, 2.05) is 109 Å². The second-order valence-corrected chi connectivity index (χ2v) is 35.2. The molecule has 10 nitrogen and oxygen atoms in total. The Morgan fingerprint density at radius 3 is 0.623 bits per heavy atom. The van der Waals surface area contributed by atoms with Crippen molar-refractivity contribution in [3.8, 4) is 169 Å². The summed E-state index contributed by atoms with van der Waals surface area (Å²) >= 11 is 0. The van der Waals surface area contributed by atoms with Crippen molar-refractivity contribution < 1.29 is 0 Å². The Hall–Kier alpha value is -16.6. The molecule has 0 aliphatic heterocycles. The normalized spacial score (nSPS) is 11.6. The molecule has 0 unspecified atom stereocenters. The van der Waals surface area contributed by atoms with Gasteiger partial charge in [-0.2, -0.15) is 0 Å². The lowest BCUT2D eigenvalue weighted by Gasteiger charge is -2.19. The first-order chi connectivity index (χ1) is 63.7. The molecule has 130 heavy (non-hydrogen) atoms. The van der Waals surface area contributed by atoms with Crippen LogP contribution in [0, 0.1) is 0 Å². The number of hydrogen-bond donors (Lipinski definition) is 0. The zero-order valence-electron chi connectivity index (χ0n) is 73.0. The van der Waals surface area contributed by atoms with E-state index < -0.39 is 0 Å². The van der Waals surface area contributed by atoms with Gasteiger partial charge in [0, 0.05) is 67.3 Å². The Bertz CT molecular complexity index is 7510. The maximum absolute atomic E-state index is 5.51. The molecular formula is C120H90N10. The van der Waals surface area contributed by atoms with Crippen molar-refractivity contribution in [1.82, 2.24) is 49.0 Å². The number of hydrogen-bond acceptors (Lipinski definition) is 8. The van der Waals surface area contributed by atoms with Crippen LogP contribution in [0.3, 0.4) is 0 Å². The van der Waals surface area contributed by atoms with E-state index in [1.54, 1.807) is 0 Å². The molecule has 6 heterocycles. The van der Waals surface area contributed by atoms with Gasteiger partial charge in [-0.15, -0.1) is 0 Å². The van der Waals surface area contributed by atoms with Crippen LogP contribution in [0.5, 0.6) is 0 Å². The van der Waals surface area contributed by atoms with Crippen molar-refractivity contribution in [2.75, 3.05) is 0 Å². The van der Waals surface area contributed by atoms with E-state index >= 15 is 0 Å². The van der Waals surface area contributed by atoms with Gasteiger partial charge in [-0.05, 0) is 197 Å². The zero-order valence-corrected chi connectivity index (χ0v) is 73.0. The third-order valence-electron chi connectivity index (χ3n) is 24.5. The second-order valence-electron chi connectivity index (χ2n) is 35.2. The largest absolute Gasteiger partial charge is 0.293 e. The molecular weight excluding hydrogens is 1580 g/mol. The molecule has 620 valence electrons. The fraction of sp³-hybridized carbons (Fsp3) is 0.0667. The SMILES string of the molecule is CC(C)(C)c1ccc2c(c1)c1cc(C(C)(C)C)ccc1n2-c1ncc(-c2cc(-c3ccccc3)cc(-c3ccccc3)c2)cc1-c1nc(-c2ccccc2)nc(-c2ccccc2)n1.c1ccc(-c2cc(-c3ccccc3)cc(-c3cnc(-n4c5ccc(-c6ccccc6)cc5c5cc(-c6ccccc6)ccc54)c(-c4nc(-c5ccccc5)nc(-c5ccccc5)n4)c3)c2)cc1. The molecule has 0 N–H and O–H groups in total. The number of fused-ring (bicyclic) bond motifs is 6. The first-order valence-electron chi connectivity index (χ1n) is 44.2. The highest BCUT2D eigenvalue weighted by atomic mass is 15.1. The van der Waals surface area contributed by atoms with Gasteiger partial charge in [-0.25, -0.2) is 39.9 Å². The zero-order chi connectivity index (χ0) is 87.8. The van der Waals surface area contributed by atoms with E-state index in [1.165, 1.54) is 21.9 Å². The van der Waals surface area contributed by atoms with Crippen molar-refractivity contribution in [2.24, 2.45) is 0 Å². The number of nitrogens with zero attached hydrogens (tertiary/aromatic N) is 10. The van der Waals surface area contributed by atoms with Crippen molar-refractivity contribution in [3.63, 3.8) is 0 Å². The van der Waals surface area contributed by atoms with Crippen molar-refractivity contribution in [2.45, 2.75) is 52.4 Å². The van der Waals surface area contributed by atoms with Crippen LogP contribution in [-0.4, -0.2) is 49.0 Å². The van der Waals surface area contributed by atoms with Crippen LogP contribution in [0.15, 0.2) is 437 Å². The maximum Gasteiger partial charge on any atom is 0.167 e. The summed E-state index contributed by atoms with van der Waals surface area (Å²) in [6, 6.07) is 149. The van der Waals surface area contributed by atoms with E-state index in [2.05, 4.69) is 378 Å². The summed E-state index contributed by atoms with van der Waals surface area (Å²) in [6.07, 6.45) is 4.02. The second kappa shape index (κ2) is 34.4. The minimum atomic E-state index is -0.0330. The molecule has 0 radical (unpaired) electrons. The molecule has 16 aromatic carbocycles. The first-order valence-corrected chi connectivity index (χ1v) is 44.2. The molecule has 0 aliphatic rings. The minimum Gasteiger partial charge on any atom is -0.293 e. The monoisotopic (exact) mass is 1670 g/mol. The van der Waals surface area contributed by atoms with Gasteiger partial charge in [0.25, 0.3) is 0 Å². The van der Waals surface area contributed by atoms with E-state index in [4.69, 9.17) is 39.9 Å². The highest BCUT2D eigenvalue weighted by Crippen LogP contribution is 2.46. The molecule has 10 heteroatoms. The Morgan fingerprint density at radius 2 is 0.377 bits per heavy atom. The smallest absolute Gasteiger partial charge is 0.167 e. The molecule has 0 saturated carbocycles. The van der Waals surface area contributed by atoms with E-state index in [0.717, 1.165) is 167 Å². The molecule has 22 rings (SSSR count). The average molecular weight is 1670 g/mol. The van der Waals surface area contributed by atoms with Crippen LogP contribution in [0.1, 0.15) is 52.7 Å². The maximum atomic E-state index is 5.51. The van der Waals surface area contributed by atoms with Gasteiger partial charge in [0.15, 0.2) is 34.9 Å². The topological polar surface area (TPSA) is 113 Å². The number of aromatic nitrogens is 10. The van der Waals surface area contributed by atoms with Crippen molar-refractivity contribution in [3.05, 3.63) is 448 Å². The quantitative estimate of drug-likeness (QED) is 0.0940. The lowest BCUT2D eigenvalue weighted by atomic mass is 9.85. The molecule has 0 spiro atoms. The summed E-state index contributed by atoms with van der Waals surface area (Å²) in [7, 11) is 0. The number of pyridine rings is 2. The predicted octanol–water partition coefficient (Wildman–Crippen LogP) is 30.7. The minimum absolute atomic E-state index is 0.0330. The molecule has 0 aliphatic carbocycles. The van der Waals surface area contributed by atoms with Crippen LogP contribution in [-0.2, 0) is 10.8 Å². The van der Waals surface area contributed by atoms with Gasteiger partial charge in [-0.3, -0.25) is 9.13 Å².